The van der Waals surface area contributed by atoms with Crippen LogP contribution in [0.15, 0.2) is 48.5 Å². The number of ether oxygens (including phenoxy) is 1. The van der Waals surface area contributed by atoms with Crippen LogP contribution in [0.25, 0.3) is 0 Å². The van der Waals surface area contributed by atoms with Crippen LogP contribution in [0.1, 0.15) is 30.6 Å². The molecule has 0 saturated carbocycles. The highest BCUT2D eigenvalue weighted by Crippen LogP contribution is 2.24. The molecule has 2 aromatic rings. The summed E-state index contributed by atoms with van der Waals surface area (Å²) in [5.41, 5.74) is 1.99. The zero-order valence-corrected chi connectivity index (χ0v) is 11.6. The predicted molar refractivity (Wildman–Crippen MR) is 79.0 cm³/mol. The molecule has 106 valence electrons. The molecule has 0 aromatic heterocycles. The molecule has 2 rings (SSSR count). The number of hydrogen-bond acceptors (Lipinski definition) is 3. The number of rotatable bonds is 6. The lowest BCUT2D eigenvalue weighted by molar-refractivity contribution is 0.173. The summed E-state index contributed by atoms with van der Waals surface area (Å²) in [6.45, 7) is 2.10. The molecule has 0 spiro atoms. The van der Waals surface area contributed by atoms with E-state index in [-0.39, 0.29) is 6.61 Å². The Hall–Kier alpha value is -1.84. The summed E-state index contributed by atoms with van der Waals surface area (Å²) >= 11 is 0. The molecule has 2 N–H and O–H groups in total. The summed E-state index contributed by atoms with van der Waals surface area (Å²) in [6, 6.07) is 15.1. The molecule has 0 aliphatic rings. The molecule has 1 atom stereocenters. The fraction of sp³-hybridized carbons (Fsp3) is 0.294. The van der Waals surface area contributed by atoms with Gasteiger partial charge in [0.15, 0.2) is 0 Å². The smallest absolute Gasteiger partial charge is 0.127 e. The van der Waals surface area contributed by atoms with E-state index in [0.717, 1.165) is 22.6 Å². The third-order valence-corrected chi connectivity index (χ3v) is 3.21. The zero-order valence-electron chi connectivity index (χ0n) is 11.6. The molecule has 0 amide bonds. The molecule has 0 unspecified atom stereocenters. The van der Waals surface area contributed by atoms with E-state index in [9.17, 15) is 5.11 Å². The summed E-state index contributed by atoms with van der Waals surface area (Å²) in [5.74, 6) is 1.50. The van der Waals surface area contributed by atoms with Crippen molar-refractivity contribution in [2.45, 2.75) is 25.9 Å². The van der Waals surface area contributed by atoms with E-state index in [2.05, 4.69) is 0 Å². The van der Waals surface area contributed by atoms with Crippen LogP contribution in [0.5, 0.6) is 11.5 Å². The molecule has 0 bridgehead atoms. The van der Waals surface area contributed by atoms with Gasteiger partial charge in [0.05, 0.1) is 6.10 Å². The zero-order chi connectivity index (χ0) is 14.4. The molecule has 0 aliphatic heterocycles. The normalized spacial score (nSPS) is 12.2. The topological polar surface area (TPSA) is 49.7 Å². The van der Waals surface area contributed by atoms with Crippen LogP contribution in [0.4, 0.5) is 0 Å². The maximum atomic E-state index is 9.73. The first-order valence-corrected chi connectivity index (χ1v) is 6.88. The van der Waals surface area contributed by atoms with Crippen molar-refractivity contribution in [3.63, 3.8) is 0 Å². The van der Waals surface area contributed by atoms with E-state index in [1.807, 2.05) is 55.5 Å². The number of benzene rings is 2. The summed E-state index contributed by atoms with van der Waals surface area (Å²) in [6.07, 6.45) is 0.943. The van der Waals surface area contributed by atoms with Crippen LogP contribution in [-0.4, -0.2) is 16.8 Å². The highest BCUT2D eigenvalue weighted by Gasteiger charge is 2.04. The quantitative estimate of drug-likeness (QED) is 0.846. The van der Waals surface area contributed by atoms with Gasteiger partial charge in [-0.15, -0.1) is 0 Å². The molecular weight excluding hydrogens is 252 g/mol. The van der Waals surface area contributed by atoms with Gasteiger partial charge < -0.3 is 14.9 Å². The van der Waals surface area contributed by atoms with E-state index < -0.39 is 6.10 Å². The van der Waals surface area contributed by atoms with E-state index >= 15 is 0 Å². The second kappa shape index (κ2) is 7.08. The van der Waals surface area contributed by atoms with Crippen molar-refractivity contribution in [3.8, 4) is 11.5 Å². The number of aliphatic hydroxyl groups excluding tert-OH is 2. The molecule has 0 fully saturated rings. The van der Waals surface area contributed by atoms with Crippen LogP contribution in [0.2, 0.25) is 0 Å². The van der Waals surface area contributed by atoms with Gasteiger partial charge in [0.1, 0.15) is 11.5 Å². The minimum absolute atomic E-state index is 0.154. The van der Waals surface area contributed by atoms with Crippen molar-refractivity contribution in [2.24, 2.45) is 0 Å². The first-order valence-electron chi connectivity index (χ1n) is 6.88. The molecule has 3 heteroatoms. The largest absolute Gasteiger partial charge is 0.457 e. The van der Waals surface area contributed by atoms with Crippen LogP contribution in [0, 0.1) is 0 Å². The van der Waals surface area contributed by atoms with Crippen molar-refractivity contribution >= 4 is 0 Å². The first-order chi connectivity index (χ1) is 9.72. The maximum absolute atomic E-state index is 9.73. The molecule has 0 saturated heterocycles. The summed E-state index contributed by atoms with van der Waals surface area (Å²) in [7, 11) is 0. The van der Waals surface area contributed by atoms with Gasteiger partial charge >= 0.3 is 0 Å². The van der Waals surface area contributed by atoms with Crippen molar-refractivity contribution in [2.75, 3.05) is 6.61 Å². The fourth-order valence-electron chi connectivity index (χ4n) is 1.98. The molecule has 0 aliphatic carbocycles. The van der Waals surface area contributed by atoms with Crippen LogP contribution < -0.4 is 4.74 Å². The second-order valence-corrected chi connectivity index (χ2v) is 4.71. The molecule has 0 radical (unpaired) electrons. The van der Waals surface area contributed by atoms with Crippen LogP contribution in [-0.2, 0) is 6.42 Å². The van der Waals surface area contributed by atoms with E-state index in [1.165, 1.54) is 0 Å². The third-order valence-electron chi connectivity index (χ3n) is 3.21. The fourth-order valence-corrected chi connectivity index (χ4v) is 1.98. The lowest BCUT2D eigenvalue weighted by atomic mass is 10.1. The Morgan fingerprint density at radius 1 is 0.950 bits per heavy atom. The highest BCUT2D eigenvalue weighted by molar-refractivity contribution is 5.35. The molecule has 2 aromatic carbocycles. The Morgan fingerprint density at radius 3 is 2.00 bits per heavy atom. The first kappa shape index (κ1) is 14.6. The third kappa shape index (κ3) is 3.83. The van der Waals surface area contributed by atoms with Crippen molar-refractivity contribution in [1.29, 1.82) is 0 Å². The maximum Gasteiger partial charge on any atom is 0.127 e. The lowest BCUT2D eigenvalue weighted by Gasteiger charge is -2.10. The minimum Gasteiger partial charge on any atom is -0.457 e. The Morgan fingerprint density at radius 2 is 1.50 bits per heavy atom. The van der Waals surface area contributed by atoms with Crippen LogP contribution in [0.3, 0.4) is 0 Å². The van der Waals surface area contributed by atoms with Gasteiger partial charge in [-0.25, -0.2) is 0 Å². The molecule has 3 nitrogen and oxygen atoms in total. The monoisotopic (exact) mass is 272 g/mol. The standard InChI is InChI=1S/C17H20O3/c1-2-17(19)14-5-9-16(10-6-14)20-15-7-3-13(4-8-15)11-12-18/h3-10,17-19H,2,11-12H2,1H3/t17-/m0/s1. The number of hydrogen-bond donors (Lipinski definition) is 2. The molecule has 20 heavy (non-hydrogen) atoms. The van der Waals surface area contributed by atoms with Gasteiger partial charge in [0.2, 0.25) is 0 Å². The van der Waals surface area contributed by atoms with Crippen molar-refractivity contribution < 1.29 is 14.9 Å². The van der Waals surface area contributed by atoms with E-state index in [1.54, 1.807) is 0 Å². The van der Waals surface area contributed by atoms with Gasteiger partial charge in [-0.1, -0.05) is 31.2 Å². The Labute approximate surface area is 119 Å². The summed E-state index contributed by atoms with van der Waals surface area (Å²) in [5, 5.41) is 18.6. The highest BCUT2D eigenvalue weighted by atomic mass is 16.5. The van der Waals surface area contributed by atoms with E-state index in [4.69, 9.17) is 9.84 Å². The van der Waals surface area contributed by atoms with Gasteiger partial charge in [0, 0.05) is 6.61 Å². The Balaban J connectivity index is 2.02. The lowest BCUT2D eigenvalue weighted by Crippen LogP contribution is -1.94. The van der Waals surface area contributed by atoms with Gasteiger partial charge in [-0.05, 0) is 48.2 Å². The van der Waals surface area contributed by atoms with E-state index in [0.29, 0.717) is 12.8 Å². The molecule has 0 heterocycles. The summed E-state index contributed by atoms with van der Waals surface area (Å²) in [4.78, 5) is 0. The second-order valence-electron chi connectivity index (χ2n) is 4.71. The van der Waals surface area contributed by atoms with Gasteiger partial charge in [-0.2, -0.15) is 0 Å². The number of aliphatic hydroxyl groups is 2. The predicted octanol–water partition coefficient (Wildman–Crippen LogP) is 3.46. The Bertz CT molecular complexity index is 517. The average Bonchev–Trinajstić information content (AvgIpc) is 2.49. The van der Waals surface area contributed by atoms with Gasteiger partial charge in [0.25, 0.3) is 0 Å². The minimum atomic E-state index is -0.415. The summed E-state index contributed by atoms with van der Waals surface area (Å²) < 4.78 is 5.74. The van der Waals surface area contributed by atoms with Gasteiger partial charge in [-0.3, -0.25) is 0 Å². The van der Waals surface area contributed by atoms with Crippen molar-refractivity contribution in [3.05, 3.63) is 59.7 Å². The SMILES string of the molecule is CC[C@H](O)c1ccc(Oc2ccc(CCO)cc2)cc1. The average molecular weight is 272 g/mol. The van der Waals surface area contributed by atoms with Crippen LogP contribution >= 0.6 is 0 Å². The Kier molecular flexibility index (Phi) is 5.16. The molecular formula is C17H20O3. The van der Waals surface area contributed by atoms with Crippen molar-refractivity contribution in [1.82, 2.24) is 0 Å².